The molecule has 0 aliphatic rings. The summed E-state index contributed by atoms with van der Waals surface area (Å²) in [7, 11) is 0. The molecule has 0 bridgehead atoms. The highest BCUT2D eigenvalue weighted by molar-refractivity contribution is 9.11. The SMILES string of the molecule is F/C(=C(\Br)C(F)F)C(F)F. The minimum absolute atomic E-state index is 1.39. The van der Waals surface area contributed by atoms with E-state index in [-0.39, 0.29) is 0 Å². The average molecular weight is 225 g/mol. The van der Waals surface area contributed by atoms with Gasteiger partial charge in [0.2, 0.25) is 0 Å². The average Bonchev–Trinajstić information content (AvgIpc) is 1.84. The van der Waals surface area contributed by atoms with Crippen LogP contribution >= 0.6 is 15.9 Å². The number of allylic oxidation sites excluding steroid dienone is 2. The maximum Gasteiger partial charge on any atom is 0.290 e. The zero-order valence-corrected chi connectivity index (χ0v) is 6.01. The summed E-state index contributed by atoms with van der Waals surface area (Å²) in [4.78, 5) is 0. The Morgan fingerprint density at radius 3 is 1.50 bits per heavy atom. The summed E-state index contributed by atoms with van der Waals surface area (Å²) in [6.07, 6.45) is -6.71. The summed E-state index contributed by atoms with van der Waals surface area (Å²) in [5, 5.41) is 0. The normalized spacial score (nSPS) is 14.4. The van der Waals surface area contributed by atoms with Crippen LogP contribution in [-0.4, -0.2) is 12.9 Å². The highest BCUT2D eigenvalue weighted by atomic mass is 79.9. The smallest absolute Gasteiger partial charge is 0.204 e. The van der Waals surface area contributed by atoms with Crippen LogP contribution in [0.4, 0.5) is 22.0 Å². The molecule has 0 saturated carbocycles. The zero-order valence-electron chi connectivity index (χ0n) is 4.42. The molecule has 0 heterocycles. The quantitative estimate of drug-likeness (QED) is 0.633. The zero-order chi connectivity index (χ0) is 8.31. The van der Waals surface area contributed by atoms with Gasteiger partial charge in [0, 0.05) is 0 Å². The highest BCUT2D eigenvalue weighted by Gasteiger charge is 2.20. The molecular weight excluding hydrogens is 223 g/mol. The number of hydrogen-bond donors (Lipinski definition) is 0. The molecular formula is C4H2BrF5. The molecule has 0 nitrogen and oxygen atoms in total. The van der Waals surface area contributed by atoms with Crippen LogP contribution in [0.1, 0.15) is 0 Å². The van der Waals surface area contributed by atoms with Gasteiger partial charge in [-0.3, -0.25) is 0 Å². The van der Waals surface area contributed by atoms with Crippen molar-refractivity contribution in [3.63, 3.8) is 0 Å². The van der Waals surface area contributed by atoms with E-state index in [2.05, 4.69) is 0 Å². The van der Waals surface area contributed by atoms with Gasteiger partial charge in [0.25, 0.3) is 12.9 Å². The first-order valence-electron chi connectivity index (χ1n) is 2.08. The van der Waals surface area contributed by atoms with E-state index in [1.54, 1.807) is 0 Å². The molecule has 6 heteroatoms. The molecule has 10 heavy (non-hydrogen) atoms. The lowest BCUT2D eigenvalue weighted by Crippen LogP contribution is -1.99. The van der Waals surface area contributed by atoms with Gasteiger partial charge in [-0.1, -0.05) is 0 Å². The van der Waals surface area contributed by atoms with Crippen LogP contribution in [0.15, 0.2) is 10.3 Å². The van der Waals surface area contributed by atoms with Crippen LogP contribution in [0.25, 0.3) is 0 Å². The Kier molecular flexibility index (Phi) is 3.85. The van der Waals surface area contributed by atoms with Crippen molar-refractivity contribution in [3.8, 4) is 0 Å². The van der Waals surface area contributed by atoms with Crippen molar-refractivity contribution in [2.75, 3.05) is 0 Å². The maximum absolute atomic E-state index is 11.8. The predicted octanol–water partition coefficient (Wildman–Crippen LogP) is 3.09. The number of rotatable bonds is 2. The van der Waals surface area contributed by atoms with Crippen molar-refractivity contribution in [1.29, 1.82) is 0 Å². The molecule has 0 aliphatic heterocycles. The monoisotopic (exact) mass is 224 g/mol. The second-order valence-corrected chi connectivity index (χ2v) is 2.15. The van der Waals surface area contributed by atoms with Crippen LogP contribution < -0.4 is 0 Å². The maximum atomic E-state index is 11.8. The summed E-state index contributed by atoms with van der Waals surface area (Å²) in [6, 6.07) is 0. The first-order valence-corrected chi connectivity index (χ1v) is 2.87. The number of alkyl halides is 4. The van der Waals surface area contributed by atoms with Gasteiger partial charge in [0.1, 0.15) is 0 Å². The van der Waals surface area contributed by atoms with Crippen LogP contribution in [0.3, 0.4) is 0 Å². The molecule has 0 amide bonds. The molecule has 0 unspecified atom stereocenters. The summed E-state index contributed by atoms with van der Waals surface area (Å²) in [5.74, 6) is -2.12. The lowest BCUT2D eigenvalue weighted by molar-refractivity contribution is 0.144. The fourth-order valence-corrected chi connectivity index (χ4v) is 0.382. The van der Waals surface area contributed by atoms with Gasteiger partial charge in [-0.05, 0) is 15.9 Å². The van der Waals surface area contributed by atoms with Gasteiger partial charge in [0.15, 0.2) is 5.83 Å². The summed E-state index contributed by atoms with van der Waals surface area (Å²) < 4.78 is 55.6. The van der Waals surface area contributed by atoms with Gasteiger partial charge in [0.05, 0.1) is 4.48 Å². The molecule has 0 saturated heterocycles. The Labute approximate surface area is 61.8 Å². The summed E-state index contributed by atoms with van der Waals surface area (Å²) in [5.41, 5.74) is 0. The third-order valence-corrected chi connectivity index (χ3v) is 1.34. The van der Waals surface area contributed by atoms with Crippen molar-refractivity contribution in [3.05, 3.63) is 10.3 Å². The van der Waals surface area contributed by atoms with E-state index in [9.17, 15) is 22.0 Å². The van der Waals surface area contributed by atoms with Crippen LogP contribution in [0, 0.1) is 0 Å². The standard InChI is InChI=1S/C4H2BrF5/c5-1(3(7)8)2(6)4(9)10/h3-4H/b2-1-. The first-order chi connectivity index (χ1) is 4.46. The Morgan fingerprint density at radius 2 is 1.40 bits per heavy atom. The van der Waals surface area contributed by atoms with E-state index in [0.29, 0.717) is 0 Å². The third kappa shape index (κ3) is 2.64. The highest BCUT2D eigenvalue weighted by Crippen LogP contribution is 2.25. The topological polar surface area (TPSA) is 0 Å². The lowest BCUT2D eigenvalue weighted by atomic mass is 10.5. The molecule has 0 aromatic heterocycles. The Balaban J connectivity index is 4.34. The van der Waals surface area contributed by atoms with Crippen LogP contribution in [0.5, 0.6) is 0 Å². The minimum Gasteiger partial charge on any atom is -0.204 e. The van der Waals surface area contributed by atoms with Gasteiger partial charge in [-0.15, -0.1) is 0 Å². The van der Waals surface area contributed by atoms with E-state index >= 15 is 0 Å². The van der Waals surface area contributed by atoms with Gasteiger partial charge < -0.3 is 0 Å². The molecule has 0 aliphatic carbocycles. The van der Waals surface area contributed by atoms with E-state index in [0.717, 1.165) is 0 Å². The van der Waals surface area contributed by atoms with E-state index in [1.165, 1.54) is 0 Å². The summed E-state index contributed by atoms with van der Waals surface area (Å²) >= 11 is 1.98. The molecule has 0 radical (unpaired) electrons. The Bertz CT molecular complexity index is 125. The van der Waals surface area contributed by atoms with E-state index in [4.69, 9.17) is 0 Å². The molecule has 0 aromatic rings. The van der Waals surface area contributed by atoms with Crippen LogP contribution in [0.2, 0.25) is 0 Å². The summed E-state index contributed by atoms with van der Waals surface area (Å²) in [6.45, 7) is 0. The van der Waals surface area contributed by atoms with E-state index in [1.807, 2.05) is 15.9 Å². The second kappa shape index (κ2) is 3.90. The van der Waals surface area contributed by atoms with Gasteiger partial charge in [-0.25, -0.2) is 22.0 Å². The lowest BCUT2D eigenvalue weighted by Gasteiger charge is -1.98. The first kappa shape index (κ1) is 9.87. The fraction of sp³-hybridized carbons (Fsp3) is 0.500. The molecule has 60 valence electrons. The van der Waals surface area contributed by atoms with Crippen LogP contribution in [-0.2, 0) is 0 Å². The molecule has 0 fully saturated rings. The molecule has 0 aromatic carbocycles. The Hall–Kier alpha value is -0.130. The van der Waals surface area contributed by atoms with Crippen molar-refractivity contribution in [2.45, 2.75) is 12.9 Å². The van der Waals surface area contributed by atoms with E-state index < -0.39 is 23.2 Å². The largest absolute Gasteiger partial charge is 0.290 e. The third-order valence-electron chi connectivity index (χ3n) is 0.611. The van der Waals surface area contributed by atoms with Gasteiger partial charge >= 0.3 is 0 Å². The minimum atomic E-state index is -3.48. The number of hydrogen-bond acceptors (Lipinski definition) is 0. The van der Waals surface area contributed by atoms with Crippen molar-refractivity contribution in [2.24, 2.45) is 0 Å². The number of halogens is 6. The molecule has 0 spiro atoms. The van der Waals surface area contributed by atoms with Gasteiger partial charge in [-0.2, -0.15) is 0 Å². The van der Waals surface area contributed by atoms with Crippen molar-refractivity contribution < 1.29 is 22.0 Å². The molecule has 0 N–H and O–H groups in total. The second-order valence-electron chi connectivity index (χ2n) is 1.30. The Morgan fingerprint density at radius 1 is 1.00 bits per heavy atom. The molecule has 0 rings (SSSR count). The van der Waals surface area contributed by atoms with Crippen molar-refractivity contribution in [1.82, 2.24) is 0 Å². The van der Waals surface area contributed by atoms with Crippen molar-refractivity contribution >= 4 is 15.9 Å². The molecule has 0 atom stereocenters. The fourth-order valence-electron chi connectivity index (χ4n) is 0.208. The predicted molar refractivity (Wildman–Crippen MR) is 29.1 cm³/mol.